The van der Waals surface area contributed by atoms with Crippen molar-refractivity contribution in [1.29, 1.82) is 0 Å². The van der Waals surface area contributed by atoms with E-state index in [-0.39, 0.29) is 0 Å². The van der Waals surface area contributed by atoms with Crippen LogP contribution >= 0.6 is 22.7 Å². The first-order chi connectivity index (χ1) is 10.2. The van der Waals surface area contributed by atoms with Crippen LogP contribution in [0, 0.1) is 0 Å². The van der Waals surface area contributed by atoms with Gasteiger partial charge in [-0.25, -0.2) is 9.97 Å². The van der Waals surface area contributed by atoms with Gasteiger partial charge in [-0.3, -0.25) is 4.79 Å². The quantitative estimate of drug-likeness (QED) is 0.883. The summed E-state index contributed by atoms with van der Waals surface area (Å²) in [6, 6.07) is 0. The highest BCUT2D eigenvalue weighted by atomic mass is 32.1. The van der Waals surface area contributed by atoms with Crippen LogP contribution in [-0.2, 0) is 24.2 Å². The van der Waals surface area contributed by atoms with Gasteiger partial charge in [0.15, 0.2) is 5.13 Å². The summed E-state index contributed by atoms with van der Waals surface area (Å²) in [5, 5.41) is 14.4. The van der Waals surface area contributed by atoms with Crippen LogP contribution in [0.4, 0.5) is 5.13 Å². The molecule has 1 aliphatic rings. The first-order valence-corrected chi connectivity index (χ1v) is 8.70. The number of nitrogens with one attached hydrogen (secondary N) is 1. The van der Waals surface area contributed by atoms with E-state index in [2.05, 4.69) is 22.2 Å². The highest BCUT2D eigenvalue weighted by molar-refractivity contribution is 7.15. The molecule has 112 valence electrons. The molecule has 2 aromatic rings. The number of carboxylic acids is 1. The summed E-state index contributed by atoms with van der Waals surface area (Å²) in [4.78, 5) is 22.5. The maximum atomic E-state index is 11.3. The van der Waals surface area contributed by atoms with Crippen LogP contribution in [0.3, 0.4) is 0 Å². The molecule has 1 atom stereocenters. The highest BCUT2D eigenvalue weighted by Gasteiger charge is 2.29. The first kappa shape index (κ1) is 14.5. The number of anilines is 1. The summed E-state index contributed by atoms with van der Waals surface area (Å²) < 4.78 is 0. The van der Waals surface area contributed by atoms with Crippen molar-refractivity contribution >= 4 is 33.8 Å². The first-order valence-electron chi connectivity index (χ1n) is 7.07. The Balaban J connectivity index is 1.71. The van der Waals surface area contributed by atoms with Gasteiger partial charge >= 0.3 is 5.97 Å². The fourth-order valence-corrected chi connectivity index (χ4v) is 4.34. The Kier molecular flexibility index (Phi) is 4.21. The van der Waals surface area contributed by atoms with E-state index in [0.29, 0.717) is 13.0 Å². The summed E-state index contributed by atoms with van der Waals surface area (Å²) in [7, 11) is 0. The maximum absolute atomic E-state index is 11.3. The Bertz CT molecular complexity index is 650. The minimum absolute atomic E-state index is 0.438. The zero-order valence-electron chi connectivity index (χ0n) is 11.8. The number of fused-ring (bicyclic) bond motifs is 1. The normalized spacial score (nSPS) is 17.5. The van der Waals surface area contributed by atoms with Crippen LogP contribution < -0.4 is 5.32 Å². The molecule has 0 fully saturated rings. The van der Waals surface area contributed by atoms with Crippen LogP contribution in [0.15, 0.2) is 6.20 Å². The fraction of sp³-hybridized carbons (Fsp3) is 0.500. The molecule has 0 aromatic carbocycles. The number of nitrogens with zero attached hydrogens (tertiary/aromatic N) is 2. The van der Waals surface area contributed by atoms with E-state index in [0.717, 1.165) is 40.0 Å². The molecule has 0 aliphatic heterocycles. The van der Waals surface area contributed by atoms with Crippen molar-refractivity contribution in [2.75, 3.05) is 5.32 Å². The van der Waals surface area contributed by atoms with Gasteiger partial charge in [0.25, 0.3) is 0 Å². The molecule has 3 rings (SSSR count). The number of hydrogen-bond donors (Lipinski definition) is 2. The average Bonchev–Trinajstić information content (AvgIpc) is 3.10. The summed E-state index contributed by atoms with van der Waals surface area (Å²) in [6.45, 7) is 2.76. The molecule has 2 N–H and O–H groups in total. The van der Waals surface area contributed by atoms with E-state index in [1.54, 1.807) is 22.7 Å². The standard InChI is InChI=1S/C14H17N3O2S2/c1-2-8-6-15-11(20-8)7-16-14-17-12-9(13(18)19)4-3-5-10(12)21-14/h6,9H,2-5,7H2,1H3,(H,16,17)(H,18,19). The molecule has 0 amide bonds. The van der Waals surface area contributed by atoms with Gasteiger partial charge in [-0.2, -0.15) is 0 Å². The lowest BCUT2D eigenvalue weighted by Crippen LogP contribution is -2.17. The van der Waals surface area contributed by atoms with Crippen LogP contribution in [-0.4, -0.2) is 21.0 Å². The monoisotopic (exact) mass is 323 g/mol. The lowest BCUT2D eigenvalue weighted by atomic mass is 9.91. The minimum atomic E-state index is -0.764. The molecule has 7 heteroatoms. The number of aliphatic carboxylic acids is 1. The third-order valence-corrected chi connectivity index (χ3v) is 5.82. The van der Waals surface area contributed by atoms with Crippen molar-refractivity contribution < 1.29 is 9.90 Å². The smallest absolute Gasteiger partial charge is 0.312 e. The zero-order chi connectivity index (χ0) is 14.8. The minimum Gasteiger partial charge on any atom is -0.481 e. The van der Waals surface area contributed by atoms with Crippen molar-refractivity contribution in [3.63, 3.8) is 0 Å². The fourth-order valence-electron chi connectivity index (χ4n) is 2.48. The molecule has 0 bridgehead atoms. The van der Waals surface area contributed by atoms with Gasteiger partial charge in [-0.15, -0.1) is 22.7 Å². The zero-order valence-corrected chi connectivity index (χ0v) is 13.4. The van der Waals surface area contributed by atoms with Crippen molar-refractivity contribution in [2.24, 2.45) is 0 Å². The van der Waals surface area contributed by atoms with Crippen LogP contribution in [0.25, 0.3) is 0 Å². The molecular weight excluding hydrogens is 306 g/mol. The van der Waals surface area contributed by atoms with Crippen molar-refractivity contribution in [3.05, 3.63) is 26.7 Å². The molecule has 1 aliphatic carbocycles. The van der Waals surface area contributed by atoms with E-state index < -0.39 is 11.9 Å². The van der Waals surface area contributed by atoms with E-state index in [9.17, 15) is 9.90 Å². The van der Waals surface area contributed by atoms with Gasteiger partial charge in [0, 0.05) is 16.0 Å². The second kappa shape index (κ2) is 6.11. The molecule has 2 heterocycles. The Morgan fingerprint density at radius 1 is 1.52 bits per heavy atom. The molecule has 21 heavy (non-hydrogen) atoms. The Hall–Kier alpha value is -1.47. The number of aromatic nitrogens is 2. The maximum Gasteiger partial charge on any atom is 0.312 e. The summed E-state index contributed by atoms with van der Waals surface area (Å²) in [6.07, 6.45) is 5.48. The molecule has 0 saturated carbocycles. The molecular formula is C14H17N3O2S2. The SMILES string of the molecule is CCc1cnc(CNc2nc3c(s2)CCCC3C(=O)O)s1. The Labute approximate surface area is 131 Å². The van der Waals surface area contributed by atoms with Crippen molar-refractivity contribution in [3.8, 4) is 0 Å². The van der Waals surface area contributed by atoms with Gasteiger partial charge < -0.3 is 10.4 Å². The number of carbonyl (C=O) groups is 1. The molecule has 5 nitrogen and oxygen atoms in total. The van der Waals surface area contributed by atoms with Gasteiger partial charge in [0.2, 0.25) is 0 Å². The average molecular weight is 323 g/mol. The Morgan fingerprint density at radius 2 is 2.38 bits per heavy atom. The molecule has 0 radical (unpaired) electrons. The second-order valence-electron chi connectivity index (χ2n) is 5.04. The highest BCUT2D eigenvalue weighted by Crippen LogP contribution is 2.36. The molecule has 2 aromatic heterocycles. The number of thiazole rings is 2. The number of hydrogen-bond acceptors (Lipinski definition) is 6. The topological polar surface area (TPSA) is 75.1 Å². The van der Waals surface area contributed by atoms with E-state index in [1.807, 2.05) is 6.20 Å². The second-order valence-corrected chi connectivity index (χ2v) is 7.32. The summed E-state index contributed by atoms with van der Waals surface area (Å²) >= 11 is 3.28. The van der Waals surface area contributed by atoms with Gasteiger partial charge in [-0.05, 0) is 25.7 Å². The van der Waals surface area contributed by atoms with Crippen LogP contribution in [0.2, 0.25) is 0 Å². The third-order valence-electron chi connectivity index (χ3n) is 3.59. The van der Waals surface area contributed by atoms with E-state index in [4.69, 9.17) is 0 Å². The molecule has 1 unspecified atom stereocenters. The van der Waals surface area contributed by atoms with Gasteiger partial charge in [0.1, 0.15) is 10.9 Å². The lowest BCUT2D eigenvalue weighted by Gasteiger charge is -2.16. The van der Waals surface area contributed by atoms with Crippen LogP contribution in [0.5, 0.6) is 0 Å². The number of aryl methyl sites for hydroxylation is 2. The summed E-state index contributed by atoms with van der Waals surface area (Å²) in [5.74, 6) is -1.20. The molecule has 0 spiro atoms. The molecule has 0 saturated heterocycles. The van der Waals surface area contributed by atoms with Crippen molar-refractivity contribution in [1.82, 2.24) is 9.97 Å². The summed E-state index contributed by atoms with van der Waals surface area (Å²) in [5.41, 5.74) is 0.759. The predicted molar refractivity (Wildman–Crippen MR) is 84.2 cm³/mol. The van der Waals surface area contributed by atoms with E-state index >= 15 is 0 Å². The Morgan fingerprint density at radius 3 is 3.10 bits per heavy atom. The largest absolute Gasteiger partial charge is 0.481 e. The van der Waals surface area contributed by atoms with Crippen molar-refractivity contribution in [2.45, 2.75) is 45.1 Å². The number of rotatable bonds is 5. The van der Waals surface area contributed by atoms with Crippen LogP contribution in [0.1, 0.15) is 46.1 Å². The lowest BCUT2D eigenvalue weighted by molar-refractivity contribution is -0.139. The van der Waals surface area contributed by atoms with Gasteiger partial charge in [0.05, 0.1) is 12.2 Å². The number of carboxylic acid groups (broad SMARTS) is 1. The van der Waals surface area contributed by atoms with E-state index in [1.165, 1.54) is 4.88 Å². The predicted octanol–water partition coefficient (Wildman–Crippen LogP) is 3.28. The van der Waals surface area contributed by atoms with Gasteiger partial charge in [-0.1, -0.05) is 6.92 Å². The third kappa shape index (κ3) is 3.08.